The van der Waals surface area contributed by atoms with Gasteiger partial charge in [0.1, 0.15) is 0 Å². The van der Waals surface area contributed by atoms with Gasteiger partial charge in [0.05, 0.1) is 0 Å². The Morgan fingerprint density at radius 2 is 1.94 bits per heavy atom. The van der Waals surface area contributed by atoms with E-state index in [0.717, 1.165) is 36.0 Å². The summed E-state index contributed by atoms with van der Waals surface area (Å²) in [6.07, 6.45) is 1.90. The Hall–Kier alpha value is -1.20. The quantitative estimate of drug-likeness (QED) is 0.833. The first kappa shape index (κ1) is 13.2. The molecule has 1 N–H and O–H groups in total. The Bertz CT molecular complexity index is 481. The minimum absolute atomic E-state index is 0.577. The van der Waals surface area contributed by atoms with Crippen molar-refractivity contribution in [3.8, 4) is 11.5 Å². The summed E-state index contributed by atoms with van der Waals surface area (Å²) in [7, 11) is 0. The maximum atomic E-state index is 5.61. The van der Waals surface area contributed by atoms with Crippen LogP contribution in [0.4, 0.5) is 0 Å². The predicted octanol–water partition coefficient (Wildman–Crippen LogP) is 3.04. The molecule has 0 amide bonds. The van der Waals surface area contributed by atoms with Crippen molar-refractivity contribution in [2.75, 3.05) is 13.1 Å². The molecule has 0 aliphatic carbocycles. The van der Waals surface area contributed by atoms with Crippen molar-refractivity contribution in [1.29, 1.82) is 0 Å². The number of aromatic nitrogens is 2. The lowest BCUT2D eigenvalue weighted by atomic mass is 10.2. The molecule has 0 spiro atoms. The van der Waals surface area contributed by atoms with Crippen molar-refractivity contribution in [2.24, 2.45) is 0 Å². The highest BCUT2D eigenvalue weighted by molar-refractivity contribution is 9.10. The molecule has 1 aromatic heterocycles. The Morgan fingerprint density at radius 1 is 1.17 bits per heavy atom. The van der Waals surface area contributed by atoms with Gasteiger partial charge in [-0.2, -0.15) is 0 Å². The number of halogens is 1. The number of nitrogens with zero attached hydrogens (tertiary/aromatic N) is 2. The number of rotatable bonds is 6. The average molecular weight is 310 g/mol. The van der Waals surface area contributed by atoms with E-state index in [0.29, 0.717) is 11.8 Å². The normalized spacial score (nSPS) is 10.8. The van der Waals surface area contributed by atoms with E-state index in [1.54, 1.807) is 0 Å². The average Bonchev–Trinajstić information content (AvgIpc) is 2.84. The largest absolute Gasteiger partial charge is 0.421 e. The van der Waals surface area contributed by atoms with Gasteiger partial charge in [0.25, 0.3) is 0 Å². The second-order valence-corrected chi connectivity index (χ2v) is 4.92. The fourth-order valence-corrected chi connectivity index (χ4v) is 1.83. The van der Waals surface area contributed by atoms with Gasteiger partial charge in [-0.05, 0) is 37.2 Å². The zero-order valence-corrected chi connectivity index (χ0v) is 11.9. The minimum atomic E-state index is 0.577. The van der Waals surface area contributed by atoms with Crippen LogP contribution in [0, 0.1) is 0 Å². The van der Waals surface area contributed by atoms with Crippen LogP contribution in [0.15, 0.2) is 33.2 Å². The molecule has 5 heteroatoms. The fourth-order valence-electron chi connectivity index (χ4n) is 1.56. The van der Waals surface area contributed by atoms with Crippen LogP contribution in [-0.2, 0) is 6.42 Å². The molecule has 2 rings (SSSR count). The molecule has 0 unspecified atom stereocenters. The van der Waals surface area contributed by atoms with Crippen LogP contribution in [0.5, 0.6) is 0 Å². The second-order valence-electron chi connectivity index (χ2n) is 4.01. The molecule has 0 fully saturated rings. The zero-order chi connectivity index (χ0) is 12.8. The molecular formula is C13H16BrN3O. The zero-order valence-electron chi connectivity index (χ0n) is 10.3. The van der Waals surface area contributed by atoms with E-state index in [2.05, 4.69) is 38.4 Å². The molecule has 1 aromatic carbocycles. The standard InChI is InChI=1S/C13H16BrN3O/c1-2-8-15-9-7-12-16-17-13(18-12)10-3-5-11(14)6-4-10/h3-6,15H,2,7-9H2,1H3. The lowest BCUT2D eigenvalue weighted by molar-refractivity contribution is 0.494. The highest BCUT2D eigenvalue weighted by Gasteiger charge is 2.07. The summed E-state index contributed by atoms with van der Waals surface area (Å²) >= 11 is 3.40. The third-order valence-corrected chi connectivity index (χ3v) is 3.03. The molecule has 1 heterocycles. The molecule has 96 valence electrons. The van der Waals surface area contributed by atoms with E-state index in [-0.39, 0.29) is 0 Å². The highest BCUT2D eigenvalue weighted by atomic mass is 79.9. The molecule has 0 bridgehead atoms. The van der Waals surface area contributed by atoms with Gasteiger partial charge in [0.15, 0.2) is 0 Å². The van der Waals surface area contributed by atoms with Gasteiger partial charge in [0.2, 0.25) is 11.8 Å². The van der Waals surface area contributed by atoms with Crippen molar-refractivity contribution >= 4 is 15.9 Å². The first-order valence-corrected chi connectivity index (χ1v) is 6.88. The van der Waals surface area contributed by atoms with E-state index in [4.69, 9.17) is 4.42 Å². The SMILES string of the molecule is CCCNCCc1nnc(-c2ccc(Br)cc2)o1. The van der Waals surface area contributed by atoms with Crippen molar-refractivity contribution in [3.63, 3.8) is 0 Å². The summed E-state index contributed by atoms with van der Waals surface area (Å²) in [5, 5.41) is 11.4. The van der Waals surface area contributed by atoms with E-state index in [9.17, 15) is 0 Å². The Kier molecular flexibility index (Phi) is 4.90. The monoisotopic (exact) mass is 309 g/mol. The van der Waals surface area contributed by atoms with Gasteiger partial charge in [-0.15, -0.1) is 10.2 Å². The molecule has 0 saturated heterocycles. The van der Waals surface area contributed by atoms with E-state index >= 15 is 0 Å². The smallest absolute Gasteiger partial charge is 0.247 e. The summed E-state index contributed by atoms with van der Waals surface area (Å²) in [6.45, 7) is 4.04. The molecular weight excluding hydrogens is 294 g/mol. The number of nitrogens with one attached hydrogen (secondary N) is 1. The van der Waals surface area contributed by atoms with Crippen molar-refractivity contribution in [3.05, 3.63) is 34.6 Å². The highest BCUT2D eigenvalue weighted by Crippen LogP contribution is 2.20. The van der Waals surface area contributed by atoms with Gasteiger partial charge in [-0.25, -0.2) is 0 Å². The van der Waals surface area contributed by atoms with Crippen LogP contribution in [0.1, 0.15) is 19.2 Å². The topological polar surface area (TPSA) is 51.0 Å². The van der Waals surface area contributed by atoms with Crippen LogP contribution >= 0.6 is 15.9 Å². The molecule has 0 saturated carbocycles. The van der Waals surface area contributed by atoms with Crippen molar-refractivity contribution < 1.29 is 4.42 Å². The van der Waals surface area contributed by atoms with Crippen molar-refractivity contribution in [2.45, 2.75) is 19.8 Å². The molecule has 18 heavy (non-hydrogen) atoms. The predicted molar refractivity (Wildman–Crippen MR) is 74.3 cm³/mol. The van der Waals surface area contributed by atoms with E-state index in [1.165, 1.54) is 0 Å². The molecule has 0 atom stereocenters. The molecule has 0 aliphatic rings. The molecule has 4 nitrogen and oxygen atoms in total. The summed E-state index contributed by atoms with van der Waals surface area (Å²) < 4.78 is 6.65. The third kappa shape index (κ3) is 3.65. The summed E-state index contributed by atoms with van der Waals surface area (Å²) in [5.41, 5.74) is 0.943. The Morgan fingerprint density at radius 3 is 2.67 bits per heavy atom. The Balaban J connectivity index is 1.95. The number of hydrogen-bond donors (Lipinski definition) is 1. The maximum Gasteiger partial charge on any atom is 0.247 e. The van der Waals surface area contributed by atoms with Crippen LogP contribution in [0.25, 0.3) is 11.5 Å². The summed E-state index contributed by atoms with van der Waals surface area (Å²) in [5.74, 6) is 1.25. The summed E-state index contributed by atoms with van der Waals surface area (Å²) in [6, 6.07) is 7.83. The molecule has 2 aromatic rings. The van der Waals surface area contributed by atoms with Gasteiger partial charge in [0, 0.05) is 23.0 Å². The van der Waals surface area contributed by atoms with E-state index < -0.39 is 0 Å². The van der Waals surface area contributed by atoms with Gasteiger partial charge >= 0.3 is 0 Å². The fraction of sp³-hybridized carbons (Fsp3) is 0.385. The van der Waals surface area contributed by atoms with Crippen LogP contribution in [0.3, 0.4) is 0 Å². The molecule has 0 aliphatic heterocycles. The molecule has 0 radical (unpaired) electrons. The maximum absolute atomic E-state index is 5.61. The van der Waals surface area contributed by atoms with Crippen molar-refractivity contribution in [1.82, 2.24) is 15.5 Å². The third-order valence-electron chi connectivity index (χ3n) is 2.50. The van der Waals surface area contributed by atoms with Gasteiger partial charge in [-0.3, -0.25) is 0 Å². The number of hydrogen-bond acceptors (Lipinski definition) is 4. The minimum Gasteiger partial charge on any atom is -0.421 e. The van der Waals surface area contributed by atoms with Gasteiger partial charge < -0.3 is 9.73 Å². The first-order valence-electron chi connectivity index (χ1n) is 6.08. The Labute approximate surface area is 115 Å². The van der Waals surface area contributed by atoms with Gasteiger partial charge in [-0.1, -0.05) is 22.9 Å². The second kappa shape index (κ2) is 6.66. The number of benzene rings is 1. The summed E-state index contributed by atoms with van der Waals surface area (Å²) in [4.78, 5) is 0. The van der Waals surface area contributed by atoms with Crippen LogP contribution in [-0.4, -0.2) is 23.3 Å². The van der Waals surface area contributed by atoms with Crippen LogP contribution in [0.2, 0.25) is 0 Å². The van der Waals surface area contributed by atoms with E-state index in [1.807, 2.05) is 24.3 Å². The van der Waals surface area contributed by atoms with Crippen LogP contribution < -0.4 is 5.32 Å². The lowest BCUT2D eigenvalue weighted by Crippen LogP contribution is -2.17. The first-order chi connectivity index (χ1) is 8.79. The lowest BCUT2D eigenvalue weighted by Gasteiger charge is -1.98.